The van der Waals surface area contributed by atoms with Gasteiger partial charge in [0.25, 0.3) is 0 Å². The van der Waals surface area contributed by atoms with Crippen molar-refractivity contribution in [2.45, 2.75) is 12.5 Å². The molecule has 0 aliphatic heterocycles. The summed E-state index contributed by atoms with van der Waals surface area (Å²) in [6.45, 7) is 3.74. The van der Waals surface area contributed by atoms with Crippen molar-refractivity contribution in [3.8, 4) is 0 Å². The fraction of sp³-hybridized carbons (Fsp3) is 0.600. The van der Waals surface area contributed by atoms with E-state index in [4.69, 9.17) is 16.6 Å². The monoisotopic (exact) mass is 116 g/mol. The van der Waals surface area contributed by atoms with Gasteiger partial charge in [-0.25, -0.2) is 0 Å². The Morgan fingerprint density at radius 2 is 2.25 bits per heavy atom. The molecule has 0 aliphatic rings. The van der Waals surface area contributed by atoms with E-state index in [0.717, 1.165) is 0 Å². The lowest BCUT2D eigenvalue weighted by molar-refractivity contribution is 0.363. The number of nitrogens with two attached hydrogens (primary N) is 2. The molecule has 0 aromatic carbocycles. The standard InChI is InChI=1S/C5H12N2O/c1-4(8)5(7)2-3-6/h5,8H,1-3,6-7H2/t5-/m1/s1. The summed E-state index contributed by atoms with van der Waals surface area (Å²) in [5.41, 5.74) is 10.4. The maximum Gasteiger partial charge on any atom is 0.102 e. The molecule has 0 radical (unpaired) electrons. The second kappa shape index (κ2) is 3.46. The lowest BCUT2D eigenvalue weighted by atomic mass is 10.2. The first-order valence-corrected chi connectivity index (χ1v) is 2.52. The molecule has 0 aromatic heterocycles. The van der Waals surface area contributed by atoms with Crippen LogP contribution in [-0.2, 0) is 0 Å². The third-order valence-corrected chi connectivity index (χ3v) is 0.906. The normalized spacial score (nSPS) is 13.2. The van der Waals surface area contributed by atoms with Crippen LogP contribution in [0.15, 0.2) is 12.3 Å². The highest BCUT2D eigenvalue weighted by Gasteiger charge is 2.01. The lowest BCUT2D eigenvalue weighted by Gasteiger charge is -2.05. The van der Waals surface area contributed by atoms with Crippen LogP contribution in [-0.4, -0.2) is 17.7 Å². The van der Waals surface area contributed by atoms with E-state index in [1.165, 1.54) is 0 Å². The van der Waals surface area contributed by atoms with Gasteiger partial charge in [-0.05, 0) is 13.0 Å². The van der Waals surface area contributed by atoms with Crippen LogP contribution in [0.4, 0.5) is 0 Å². The molecule has 3 nitrogen and oxygen atoms in total. The highest BCUT2D eigenvalue weighted by Crippen LogP contribution is 1.93. The Morgan fingerprint density at radius 3 is 2.38 bits per heavy atom. The van der Waals surface area contributed by atoms with Crippen molar-refractivity contribution in [1.82, 2.24) is 0 Å². The first kappa shape index (κ1) is 7.46. The summed E-state index contributed by atoms with van der Waals surface area (Å²) in [5, 5.41) is 8.58. The third kappa shape index (κ3) is 2.60. The zero-order chi connectivity index (χ0) is 6.57. The Kier molecular flexibility index (Phi) is 3.23. The van der Waals surface area contributed by atoms with Crippen LogP contribution < -0.4 is 11.5 Å². The summed E-state index contributed by atoms with van der Waals surface area (Å²) in [6.07, 6.45) is 0.593. The summed E-state index contributed by atoms with van der Waals surface area (Å²) in [5.74, 6) is 0.00968. The van der Waals surface area contributed by atoms with Crippen molar-refractivity contribution in [2.24, 2.45) is 11.5 Å². The van der Waals surface area contributed by atoms with Gasteiger partial charge in [0.05, 0.1) is 6.04 Å². The second-order valence-corrected chi connectivity index (χ2v) is 1.68. The average molecular weight is 116 g/mol. The molecule has 0 saturated heterocycles. The number of aliphatic hydroxyl groups excluding tert-OH is 1. The molecule has 0 heterocycles. The zero-order valence-electron chi connectivity index (χ0n) is 4.80. The van der Waals surface area contributed by atoms with Crippen molar-refractivity contribution >= 4 is 0 Å². The van der Waals surface area contributed by atoms with Gasteiger partial charge < -0.3 is 16.6 Å². The molecule has 0 aromatic rings. The van der Waals surface area contributed by atoms with E-state index in [-0.39, 0.29) is 11.8 Å². The van der Waals surface area contributed by atoms with Gasteiger partial charge in [-0.1, -0.05) is 6.58 Å². The van der Waals surface area contributed by atoms with Crippen molar-refractivity contribution in [2.75, 3.05) is 6.54 Å². The molecule has 1 atom stereocenters. The molecule has 48 valence electrons. The molecule has 0 spiro atoms. The first-order valence-electron chi connectivity index (χ1n) is 2.52. The molecule has 8 heavy (non-hydrogen) atoms. The number of hydrogen-bond donors (Lipinski definition) is 3. The Hall–Kier alpha value is -0.540. The van der Waals surface area contributed by atoms with Gasteiger partial charge in [-0.3, -0.25) is 0 Å². The average Bonchev–Trinajstić information content (AvgIpc) is 1.67. The molecular weight excluding hydrogens is 104 g/mol. The van der Waals surface area contributed by atoms with E-state index >= 15 is 0 Å². The Morgan fingerprint density at radius 1 is 1.75 bits per heavy atom. The summed E-state index contributed by atoms with van der Waals surface area (Å²) < 4.78 is 0. The highest BCUT2D eigenvalue weighted by atomic mass is 16.3. The van der Waals surface area contributed by atoms with Gasteiger partial charge in [0, 0.05) is 0 Å². The van der Waals surface area contributed by atoms with E-state index in [1.54, 1.807) is 0 Å². The van der Waals surface area contributed by atoms with Gasteiger partial charge in [0.1, 0.15) is 5.76 Å². The fourth-order valence-corrected chi connectivity index (χ4v) is 0.346. The maximum absolute atomic E-state index is 8.58. The molecule has 0 amide bonds. The minimum absolute atomic E-state index is 0.00968. The summed E-state index contributed by atoms with van der Waals surface area (Å²) >= 11 is 0. The SMILES string of the molecule is C=C(O)[C@H](N)CCN. The van der Waals surface area contributed by atoms with E-state index in [9.17, 15) is 0 Å². The summed E-state index contributed by atoms with van der Waals surface area (Å²) in [4.78, 5) is 0. The van der Waals surface area contributed by atoms with E-state index in [2.05, 4.69) is 6.58 Å². The van der Waals surface area contributed by atoms with E-state index < -0.39 is 0 Å². The number of hydrogen-bond acceptors (Lipinski definition) is 3. The lowest BCUT2D eigenvalue weighted by Crippen LogP contribution is -2.25. The third-order valence-electron chi connectivity index (χ3n) is 0.906. The van der Waals surface area contributed by atoms with Crippen LogP contribution in [0.3, 0.4) is 0 Å². The molecule has 0 unspecified atom stereocenters. The molecule has 0 aliphatic carbocycles. The highest BCUT2D eigenvalue weighted by molar-refractivity contribution is 4.91. The van der Waals surface area contributed by atoms with E-state index in [1.807, 2.05) is 0 Å². The van der Waals surface area contributed by atoms with Crippen LogP contribution in [0.25, 0.3) is 0 Å². The van der Waals surface area contributed by atoms with Gasteiger partial charge in [0.2, 0.25) is 0 Å². The Bertz CT molecular complexity index is 82.5. The summed E-state index contributed by atoms with van der Waals surface area (Å²) in [6, 6.07) is -0.347. The minimum Gasteiger partial charge on any atom is -0.511 e. The van der Waals surface area contributed by atoms with Gasteiger partial charge in [0.15, 0.2) is 0 Å². The van der Waals surface area contributed by atoms with Gasteiger partial charge in [-0.15, -0.1) is 0 Å². The predicted molar refractivity (Wildman–Crippen MR) is 33.4 cm³/mol. The quantitative estimate of drug-likeness (QED) is 0.444. The second-order valence-electron chi connectivity index (χ2n) is 1.68. The van der Waals surface area contributed by atoms with Crippen molar-refractivity contribution in [1.29, 1.82) is 0 Å². The van der Waals surface area contributed by atoms with Crippen LogP contribution in [0.1, 0.15) is 6.42 Å². The minimum atomic E-state index is -0.347. The first-order chi connectivity index (χ1) is 3.68. The molecular formula is C5H12N2O. The summed E-state index contributed by atoms with van der Waals surface area (Å²) in [7, 11) is 0. The molecule has 0 bridgehead atoms. The number of rotatable bonds is 3. The predicted octanol–water partition coefficient (Wildman–Crippen LogP) is -0.266. The van der Waals surface area contributed by atoms with Crippen molar-refractivity contribution in [3.63, 3.8) is 0 Å². The smallest absolute Gasteiger partial charge is 0.102 e. The molecule has 5 N–H and O–H groups in total. The zero-order valence-corrected chi connectivity index (χ0v) is 4.80. The fourth-order valence-electron chi connectivity index (χ4n) is 0.346. The molecule has 3 heteroatoms. The van der Waals surface area contributed by atoms with Crippen LogP contribution >= 0.6 is 0 Å². The van der Waals surface area contributed by atoms with Crippen molar-refractivity contribution in [3.05, 3.63) is 12.3 Å². The molecule has 0 rings (SSSR count). The van der Waals surface area contributed by atoms with Gasteiger partial charge in [-0.2, -0.15) is 0 Å². The van der Waals surface area contributed by atoms with E-state index in [0.29, 0.717) is 13.0 Å². The van der Waals surface area contributed by atoms with Crippen LogP contribution in [0.5, 0.6) is 0 Å². The number of aliphatic hydroxyl groups is 1. The largest absolute Gasteiger partial charge is 0.511 e. The van der Waals surface area contributed by atoms with Crippen LogP contribution in [0, 0.1) is 0 Å². The van der Waals surface area contributed by atoms with Crippen molar-refractivity contribution < 1.29 is 5.11 Å². The Labute approximate surface area is 49.0 Å². The topological polar surface area (TPSA) is 72.3 Å². The Balaban J connectivity index is 3.32. The molecule has 0 fully saturated rings. The maximum atomic E-state index is 8.58. The molecule has 0 saturated carbocycles. The van der Waals surface area contributed by atoms with Crippen LogP contribution in [0.2, 0.25) is 0 Å². The van der Waals surface area contributed by atoms with Gasteiger partial charge >= 0.3 is 0 Å².